The van der Waals surface area contributed by atoms with Crippen LogP contribution in [0.1, 0.15) is 77.7 Å². The number of cyclic esters (lactones) is 1. The van der Waals surface area contributed by atoms with Crippen molar-refractivity contribution >= 4 is 41.4 Å². The number of hydrogen-bond acceptors (Lipinski definition) is 8. The number of ether oxygens (including phenoxy) is 1. The molecule has 0 bridgehead atoms. The van der Waals surface area contributed by atoms with E-state index in [2.05, 4.69) is 22.9 Å². The van der Waals surface area contributed by atoms with Gasteiger partial charge < -0.3 is 35.4 Å². The Kier molecular flexibility index (Phi) is 13.1. The predicted octanol–water partition coefficient (Wildman–Crippen LogP) is 1.50. The van der Waals surface area contributed by atoms with Crippen LogP contribution in [0.5, 0.6) is 0 Å². The van der Waals surface area contributed by atoms with E-state index < -0.39 is 95.9 Å². The fraction of sp³-hybridized carbons (Fsp3) is 0.605. The summed E-state index contributed by atoms with van der Waals surface area (Å²) >= 11 is 0. The molecule has 294 valence electrons. The van der Waals surface area contributed by atoms with Crippen LogP contribution >= 0.6 is 0 Å². The van der Waals surface area contributed by atoms with Crippen molar-refractivity contribution in [3.05, 3.63) is 47.0 Å². The van der Waals surface area contributed by atoms with Crippen LogP contribution in [-0.4, -0.2) is 119 Å². The first-order valence-electron chi connectivity index (χ1n) is 18.7. The minimum absolute atomic E-state index is 0.0643. The minimum Gasteiger partial charge on any atom is -0.461 e. The molecule has 4 fully saturated rings. The number of nitrogens with zero attached hydrogens (tertiary/aromatic N) is 3. The zero-order valence-electron chi connectivity index (χ0n) is 31.2. The van der Waals surface area contributed by atoms with Crippen molar-refractivity contribution in [2.45, 2.75) is 115 Å². The largest absolute Gasteiger partial charge is 0.461 e. The summed E-state index contributed by atoms with van der Waals surface area (Å²) in [6, 6.07) is -4.30. The Morgan fingerprint density at radius 2 is 1.50 bits per heavy atom. The fourth-order valence-electron chi connectivity index (χ4n) is 7.57. The molecular formula is C38H50F2N6O8. The van der Waals surface area contributed by atoms with Gasteiger partial charge in [-0.25, -0.2) is 13.6 Å². The van der Waals surface area contributed by atoms with E-state index in [9.17, 15) is 42.3 Å². The molecule has 1 saturated carbocycles. The molecule has 0 unspecified atom stereocenters. The average Bonchev–Trinajstić information content (AvgIpc) is 3.82. The molecule has 6 amide bonds. The number of carbonyl (C=O) groups excluding carboxylic acids is 7. The van der Waals surface area contributed by atoms with Crippen LogP contribution in [0.2, 0.25) is 0 Å². The summed E-state index contributed by atoms with van der Waals surface area (Å²) < 4.78 is 34.0. The summed E-state index contributed by atoms with van der Waals surface area (Å²) in [4.78, 5) is 99.2. The van der Waals surface area contributed by atoms with E-state index in [1.165, 1.54) is 41.7 Å². The van der Waals surface area contributed by atoms with Crippen molar-refractivity contribution in [2.75, 3.05) is 26.7 Å². The molecule has 1 aliphatic carbocycles. The Hall–Kier alpha value is -4.89. The van der Waals surface area contributed by atoms with Crippen LogP contribution in [0.3, 0.4) is 0 Å². The van der Waals surface area contributed by atoms with E-state index in [0.717, 1.165) is 30.5 Å². The van der Waals surface area contributed by atoms with E-state index in [1.54, 1.807) is 0 Å². The SMILES string of the molecule is CC1CCC(=CC(=O)N[C@@H](Cc2cc(F)cc(F)c2)C(=O)N[C@H]2COC(=O)[C@@H]3CCCN3C(=O)[C@H](C)NC(=O)[C@H](C)N(C)C(=O)[C@@H]3CCCN3C2=O)CC1. The van der Waals surface area contributed by atoms with E-state index in [-0.39, 0.29) is 37.9 Å². The van der Waals surface area contributed by atoms with Gasteiger partial charge >= 0.3 is 5.97 Å². The van der Waals surface area contributed by atoms with Crippen LogP contribution in [0.15, 0.2) is 29.8 Å². The standard InChI is InChI=1S/C38H50F2N6O8/c1-21-9-11-24(12-10-21)18-32(47)42-28(17-25-15-26(39)19-27(40)16-25)34(49)43-29-20-54-38(53)31-8-6-14-46(31)35(50)22(2)41-33(48)23(3)44(4)37(52)30-7-5-13-45(30)36(29)51/h15-16,18-19,21-23,28-31H,5-14,17,20H2,1-4H3,(H,41,48)(H,42,47)(H,43,49)/t21?,22-,23-,28-,29-,30-,31-/m0/s1. The number of nitrogens with one attached hydrogen (secondary N) is 3. The zero-order valence-corrected chi connectivity index (χ0v) is 31.2. The second-order valence-corrected chi connectivity index (χ2v) is 15.0. The van der Waals surface area contributed by atoms with Gasteiger partial charge in [0.25, 0.3) is 0 Å². The molecule has 6 atom stereocenters. The molecule has 4 aliphatic rings. The molecular weight excluding hydrogens is 706 g/mol. The molecule has 3 heterocycles. The third kappa shape index (κ3) is 9.61. The highest BCUT2D eigenvalue weighted by Crippen LogP contribution is 2.28. The number of carbonyl (C=O) groups is 7. The van der Waals surface area contributed by atoms with E-state index >= 15 is 0 Å². The van der Waals surface area contributed by atoms with Crippen molar-refractivity contribution in [3.63, 3.8) is 0 Å². The number of hydrogen-bond donors (Lipinski definition) is 3. The topological polar surface area (TPSA) is 175 Å². The Balaban J connectivity index is 1.44. The molecule has 3 N–H and O–H groups in total. The van der Waals surface area contributed by atoms with Gasteiger partial charge in [-0.2, -0.15) is 0 Å². The molecule has 1 aromatic rings. The third-order valence-electron chi connectivity index (χ3n) is 10.9. The first-order chi connectivity index (χ1) is 25.6. The zero-order chi connectivity index (χ0) is 39.3. The summed E-state index contributed by atoms with van der Waals surface area (Å²) in [7, 11) is 1.42. The van der Waals surface area contributed by atoms with Gasteiger partial charge in [0.05, 0.1) is 0 Å². The highest BCUT2D eigenvalue weighted by Gasteiger charge is 2.43. The molecule has 14 nitrogen and oxygen atoms in total. The second-order valence-electron chi connectivity index (χ2n) is 15.0. The number of fused-ring (bicyclic) bond motifs is 2. The molecule has 3 saturated heterocycles. The lowest BCUT2D eigenvalue weighted by molar-refractivity contribution is -0.158. The van der Waals surface area contributed by atoms with Gasteiger partial charge in [-0.15, -0.1) is 0 Å². The van der Waals surface area contributed by atoms with Crippen LogP contribution < -0.4 is 16.0 Å². The van der Waals surface area contributed by atoms with Crippen LogP contribution in [0.25, 0.3) is 0 Å². The summed E-state index contributed by atoms with van der Waals surface area (Å²) in [5, 5.41) is 7.85. The number of esters is 1. The van der Waals surface area contributed by atoms with E-state index in [4.69, 9.17) is 4.74 Å². The van der Waals surface area contributed by atoms with Gasteiger partial charge in [0, 0.05) is 38.7 Å². The molecule has 0 spiro atoms. The maximum atomic E-state index is 14.3. The number of likely N-dealkylation sites (N-methyl/N-ethyl adjacent to an activating group) is 1. The summed E-state index contributed by atoms with van der Waals surface area (Å²) in [5.74, 6) is -5.99. The molecule has 1 aromatic carbocycles. The van der Waals surface area contributed by atoms with Crippen molar-refractivity contribution < 1.29 is 47.1 Å². The normalized spacial score (nSPS) is 27.9. The van der Waals surface area contributed by atoms with Gasteiger partial charge in [-0.1, -0.05) is 12.5 Å². The Bertz CT molecular complexity index is 1660. The average molecular weight is 757 g/mol. The summed E-state index contributed by atoms with van der Waals surface area (Å²) in [5.41, 5.74) is 0.964. The first kappa shape index (κ1) is 40.3. The van der Waals surface area contributed by atoms with Crippen molar-refractivity contribution in [1.29, 1.82) is 0 Å². The first-order valence-corrected chi connectivity index (χ1v) is 18.7. The molecule has 0 aromatic heterocycles. The number of amides is 6. The number of rotatable bonds is 6. The van der Waals surface area contributed by atoms with Gasteiger partial charge in [0.1, 0.15) is 54.5 Å². The molecule has 5 rings (SSSR count). The maximum Gasteiger partial charge on any atom is 0.328 e. The van der Waals surface area contributed by atoms with Crippen LogP contribution in [0.4, 0.5) is 8.78 Å². The lowest BCUT2D eigenvalue weighted by Crippen LogP contribution is -2.60. The van der Waals surface area contributed by atoms with Crippen LogP contribution in [0, 0.1) is 17.6 Å². The highest BCUT2D eigenvalue weighted by molar-refractivity contribution is 5.98. The third-order valence-corrected chi connectivity index (χ3v) is 10.9. The molecule has 3 aliphatic heterocycles. The minimum atomic E-state index is -1.56. The highest BCUT2D eigenvalue weighted by atomic mass is 19.1. The molecule has 16 heteroatoms. The summed E-state index contributed by atoms with van der Waals surface area (Å²) in [6.07, 6.45) is 5.73. The summed E-state index contributed by atoms with van der Waals surface area (Å²) in [6.45, 7) is 4.79. The number of allylic oxidation sites excluding steroid dienone is 1. The quantitative estimate of drug-likeness (QED) is 0.289. The van der Waals surface area contributed by atoms with E-state index in [0.29, 0.717) is 37.7 Å². The maximum absolute atomic E-state index is 14.3. The molecule has 54 heavy (non-hydrogen) atoms. The van der Waals surface area contributed by atoms with Crippen molar-refractivity contribution in [1.82, 2.24) is 30.7 Å². The van der Waals surface area contributed by atoms with Gasteiger partial charge in [-0.05, 0) is 88.8 Å². The van der Waals surface area contributed by atoms with Gasteiger partial charge in [0.15, 0.2) is 0 Å². The Morgan fingerprint density at radius 3 is 2.15 bits per heavy atom. The van der Waals surface area contributed by atoms with Crippen molar-refractivity contribution in [2.24, 2.45) is 5.92 Å². The Labute approximate surface area is 313 Å². The molecule has 0 radical (unpaired) electrons. The smallest absolute Gasteiger partial charge is 0.328 e. The Morgan fingerprint density at radius 1 is 0.889 bits per heavy atom. The van der Waals surface area contributed by atoms with Crippen molar-refractivity contribution in [3.8, 4) is 0 Å². The van der Waals surface area contributed by atoms with Gasteiger partial charge in [0.2, 0.25) is 35.4 Å². The lowest BCUT2D eigenvalue weighted by atomic mass is 9.87. The van der Waals surface area contributed by atoms with E-state index in [1.807, 2.05) is 0 Å². The lowest BCUT2D eigenvalue weighted by Gasteiger charge is -2.34. The fourth-order valence-corrected chi connectivity index (χ4v) is 7.57. The monoisotopic (exact) mass is 756 g/mol. The number of benzene rings is 1. The predicted molar refractivity (Wildman–Crippen MR) is 190 cm³/mol. The van der Waals surface area contributed by atoms with Crippen LogP contribution in [-0.2, 0) is 44.7 Å². The second kappa shape index (κ2) is 17.5. The van der Waals surface area contributed by atoms with Gasteiger partial charge in [-0.3, -0.25) is 28.8 Å². The number of halogens is 2.